The molecule has 2 aromatic rings. The summed E-state index contributed by atoms with van der Waals surface area (Å²) in [5.41, 5.74) is 2.61. The molecule has 21 heavy (non-hydrogen) atoms. The van der Waals surface area contributed by atoms with E-state index in [1.807, 2.05) is 31.6 Å². The second kappa shape index (κ2) is 7.04. The number of benzene rings is 1. The molecule has 0 amide bonds. The predicted octanol–water partition coefficient (Wildman–Crippen LogP) is 3.41. The van der Waals surface area contributed by atoms with Gasteiger partial charge in [-0.05, 0) is 42.9 Å². The van der Waals surface area contributed by atoms with Crippen LogP contribution in [0.5, 0.6) is 5.75 Å². The monoisotopic (exact) mass is 355 g/mol. The molecule has 2 rings (SSSR count). The molecule has 0 fully saturated rings. The van der Waals surface area contributed by atoms with E-state index in [0.29, 0.717) is 12.3 Å². The minimum absolute atomic E-state index is 0.271. The largest absolute Gasteiger partial charge is 0.484 e. The summed E-state index contributed by atoms with van der Waals surface area (Å²) >= 11 is 3.51. The Morgan fingerprint density at radius 3 is 2.86 bits per heavy atom. The lowest BCUT2D eigenvalue weighted by molar-refractivity contribution is 0.274. The highest BCUT2D eigenvalue weighted by Gasteiger charge is 2.15. The normalized spacial score (nSPS) is 10.9. The summed E-state index contributed by atoms with van der Waals surface area (Å²) in [5, 5.41) is 7.42. The lowest BCUT2D eigenvalue weighted by atomic mass is 10.2. The zero-order chi connectivity index (χ0) is 15.4. The molecular formula is C15H19BrFN3O. The van der Waals surface area contributed by atoms with E-state index in [1.165, 1.54) is 6.07 Å². The second-order valence-corrected chi connectivity index (χ2v) is 5.50. The van der Waals surface area contributed by atoms with Gasteiger partial charge in [-0.1, -0.05) is 12.1 Å². The van der Waals surface area contributed by atoms with Crippen LogP contribution in [0.15, 0.2) is 22.7 Å². The Kier molecular flexibility index (Phi) is 5.36. The molecule has 114 valence electrons. The van der Waals surface area contributed by atoms with Gasteiger partial charge in [0, 0.05) is 18.7 Å². The number of para-hydroxylation sites is 1. The minimum Gasteiger partial charge on any atom is -0.484 e. The van der Waals surface area contributed by atoms with Crippen LogP contribution in [0.2, 0.25) is 0 Å². The highest BCUT2D eigenvalue weighted by molar-refractivity contribution is 9.10. The van der Waals surface area contributed by atoms with Crippen LogP contribution in [0.3, 0.4) is 0 Å². The van der Waals surface area contributed by atoms with Gasteiger partial charge in [-0.15, -0.1) is 0 Å². The number of nitrogens with one attached hydrogen (secondary N) is 1. The third-order valence-corrected chi connectivity index (χ3v) is 4.25. The number of nitrogens with zero attached hydrogens (tertiary/aromatic N) is 2. The minimum atomic E-state index is -0.349. The Morgan fingerprint density at radius 2 is 2.19 bits per heavy atom. The topological polar surface area (TPSA) is 39.1 Å². The molecule has 4 nitrogen and oxygen atoms in total. The molecule has 0 aliphatic carbocycles. The second-order valence-electron chi connectivity index (χ2n) is 4.71. The first-order chi connectivity index (χ1) is 10.1. The van der Waals surface area contributed by atoms with E-state index in [4.69, 9.17) is 4.74 Å². The van der Waals surface area contributed by atoms with Gasteiger partial charge in [-0.25, -0.2) is 4.39 Å². The Bertz CT molecular complexity index is 628. The first-order valence-electron chi connectivity index (χ1n) is 6.85. The van der Waals surface area contributed by atoms with E-state index >= 15 is 0 Å². The molecule has 0 unspecified atom stereocenters. The van der Waals surface area contributed by atoms with Crippen LogP contribution in [0.25, 0.3) is 0 Å². The van der Waals surface area contributed by atoms with Gasteiger partial charge in [0.15, 0.2) is 11.6 Å². The average Bonchev–Trinajstić information content (AvgIpc) is 2.74. The van der Waals surface area contributed by atoms with Crippen LogP contribution in [0.1, 0.15) is 23.9 Å². The Hall–Kier alpha value is -1.40. The molecule has 1 aromatic carbocycles. The SMILES string of the molecule is CCn1nc(C)c(Br)c1COc1c(F)cccc1CNC. The molecule has 0 aliphatic rings. The van der Waals surface area contributed by atoms with Crippen molar-refractivity contribution in [2.75, 3.05) is 7.05 Å². The van der Waals surface area contributed by atoms with E-state index in [1.54, 1.807) is 6.07 Å². The molecule has 1 N–H and O–H groups in total. The van der Waals surface area contributed by atoms with Crippen LogP contribution in [0.4, 0.5) is 4.39 Å². The fraction of sp³-hybridized carbons (Fsp3) is 0.400. The van der Waals surface area contributed by atoms with Crippen LogP contribution < -0.4 is 10.1 Å². The summed E-state index contributed by atoms with van der Waals surface area (Å²) in [7, 11) is 1.82. The standard InChI is InChI=1S/C15H19BrFN3O/c1-4-20-13(14(16)10(2)19-20)9-21-15-11(8-18-3)6-5-7-12(15)17/h5-7,18H,4,8-9H2,1-3H3. The van der Waals surface area contributed by atoms with Crippen molar-refractivity contribution in [2.45, 2.75) is 33.5 Å². The zero-order valence-electron chi connectivity index (χ0n) is 12.4. The van der Waals surface area contributed by atoms with Crippen molar-refractivity contribution >= 4 is 15.9 Å². The number of aryl methyl sites for hydroxylation is 2. The van der Waals surface area contributed by atoms with Crippen molar-refractivity contribution in [3.05, 3.63) is 45.4 Å². The highest BCUT2D eigenvalue weighted by Crippen LogP contribution is 2.26. The molecule has 0 atom stereocenters. The number of hydrogen-bond donors (Lipinski definition) is 1. The summed E-state index contributed by atoms with van der Waals surface area (Å²) in [6.07, 6.45) is 0. The van der Waals surface area contributed by atoms with E-state index in [9.17, 15) is 4.39 Å². The maximum atomic E-state index is 14.0. The van der Waals surface area contributed by atoms with Gasteiger partial charge >= 0.3 is 0 Å². The van der Waals surface area contributed by atoms with E-state index < -0.39 is 0 Å². The lowest BCUT2D eigenvalue weighted by Crippen LogP contribution is -2.11. The summed E-state index contributed by atoms with van der Waals surface area (Å²) in [6.45, 7) is 5.51. The number of halogens is 2. The molecular weight excluding hydrogens is 337 g/mol. The lowest BCUT2D eigenvalue weighted by Gasteiger charge is -2.13. The van der Waals surface area contributed by atoms with Gasteiger partial charge in [0.05, 0.1) is 15.9 Å². The molecule has 0 bridgehead atoms. The Balaban J connectivity index is 2.24. The number of hydrogen-bond acceptors (Lipinski definition) is 3. The van der Waals surface area contributed by atoms with Crippen LogP contribution in [-0.2, 0) is 19.7 Å². The number of aromatic nitrogens is 2. The first-order valence-corrected chi connectivity index (χ1v) is 7.64. The van der Waals surface area contributed by atoms with Crippen molar-refractivity contribution in [2.24, 2.45) is 0 Å². The fourth-order valence-electron chi connectivity index (χ4n) is 2.19. The van der Waals surface area contributed by atoms with Gasteiger partial charge in [0.2, 0.25) is 0 Å². The summed E-state index contributed by atoms with van der Waals surface area (Å²) in [4.78, 5) is 0. The Morgan fingerprint density at radius 1 is 1.43 bits per heavy atom. The van der Waals surface area contributed by atoms with Crippen LogP contribution >= 0.6 is 15.9 Å². The zero-order valence-corrected chi connectivity index (χ0v) is 14.0. The molecule has 0 aliphatic heterocycles. The van der Waals surface area contributed by atoms with Crippen molar-refractivity contribution in [1.82, 2.24) is 15.1 Å². The summed E-state index contributed by atoms with van der Waals surface area (Å²) < 4.78 is 22.5. The highest BCUT2D eigenvalue weighted by atomic mass is 79.9. The van der Waals surface area contributed by atoms with Gasteiger partial charge in [-0.3, -0.25) is 4.68 Å². The molecule has 0 spiro atoms. The van der Waals surface area contributed by atoms with Crippen molar-refractivity contribution < 1.29 is 9.13 Å². The fourth-order valence-corrected chi connectivity index (χ4v) is 2.59. The molecule has 6 heteroatoms. The predicted molar refractivity (Wildman–Crippen MR) is 83.8 cm³/mol. The molecule has 1 aromatic heterocycles. The first kappa shape index (κ1) is 16.0. The van der Waals surface area contributed by atoms with E-state index in [-0.39, 0.29) is 12.4 Å². The number of ether oxygens (including phenoxy) is 1. The third-order valence-electron chi connectivity index (χ3n) is 3.22. The maximum absolute atomic E-state index is 14.0. The third kappa shape index (κ3) is 3.44. The molecule has 0 radical (unpaired) electrons. The van der Waals surface area contributed by atoms with Crippen molar-refractivity contribution in [1.29, 1.82) is 0 Å². The van der Waals surface area contributed by atoms with E-state index in [0.717, 1.165) is 28.0 Å². The molecule has 0 saturated carbocycles. The smallest absolute Gasteiger partial charge is 0.165 e. The number of rotatable bonds is 6. The maximum Gasteiger partial charge on any atom is 0.165 e. The Labute approximate surface area is 132 Å². The van der Waals surface area contributed by atoms with Crippen LogP contribution in [-0.4, -0.2) is 16.8 Å². The summed E-state index contributed by atoms with van der Waals surface area (Å²) in [6, 6.07) is 4.95. The van der Waals surface area contributed by atoms with Gasteiger partial charge < -0.3 is 10.1 Å². The van der Waals surface area contributed by atoms with Crippen LogP contribution in [0, 0.1) is 12.7 Å². The van der Waals surface area contributed by atoms with Gasteiger partial charge in [0.25, 0.3) is 0 Å². The van der Waals surface area contributed by atoms with E-state index in [2.05, 4.69) is 26.3 Å². The average molecular weight is 356 g/mol. The van der Waals surface area contributed by atoms with Crippen molar-refractivity contribution in [3.63, 3.8) is 0 Å². The summed E-state index contributed by atoms with van der Waals surface area (Å²) in [5.74, 6) is -0.0570. The van der Waals surface area contributed by atoms with Gasteiger partial charge in [-0.2, -0.15) is 5.10 Å². The van der Waals surface area contributed by atoms with Gasteiger partial charge in [0.1, 0.15) is 6.61 Å². The van der Waals surface area contributed by atoms with Crippen molar-refractivity contribution in [3.8, 4) is 5.75 Å². The quantitative estimate of drug-likeness (QED) is 0.862. The molecule has 0 saturated heterocycles. The molecule has 1 heterocycles.